The van der Waals surface area contributed by atoms with Gasteiger partial charge in [-0.05, 0) is 61.1 Å². The molecule has 4 rings (SSSR count). The molecule has 0 radical (unpaired) electrons. The second-order valence-corrected chi connectivity index (χ2v) is 9.14. The van der Waals surface area contributed by atoms with Crippen LogP contribution in [0.5, 0.6) is 0 Å². The number of para-hydroxylation sites is 2. The summed E-state index contributed by atoms with van der Waals surface area (Å²) < 4.78 is 7.84. The zero-order chi connectivity index (χ0) is 23.4. The Kier molecular flexibility index (Phi) is 7.09. The maximum Gasteiger partial charge on any atom is 0.314 e. The van der Waals surface area contributed by atoms with Crippen molar-refractivity contribution in [3.63, 3.8) is 0 Å². The summed E-state index contributed by atoms with van der Waals surface area (Å²) >= 11 is 2.27. The number of thioether (sulfide) groups is 1. The molecule has 0 bridgehead atoms. The van der Waals surface area contributed by atoms with Crippen LogP contribution in [0.25, 0.3) is 17.1 Å². The lowest BCUT2D eigenvalue weighted by molar-refractivity contribution is -0.122. The zero-order valence-electron chi connectivity index (χ0n) is 18.2. The van der Waals surface area contributed by atoms with E-state index >= 15 is 0 Å². The standard InChI is InChI=1S/C22H23N5O4S2/c1-3-23-20(29)24-11-6-12-27-19(28)17(32-22(27)30)13-14-9-10-18(31-14)33-21-25-15-7-4-5-8-16(15)26(21)2/h4-5,7-10,13H,3,6,11-12H2,1-2H3,(H2,23,24,29)/b17-13-. The number of aryl methyl sites for hydroxylation is 1. The van der Waals surface area contributed by atoms with E-state index in [1.807, 2.05) is 48.9 Å². The van der Waals surface area contributed by atoms with Gasteiger partial charge in [0.05, 0.1) is 15.9 Å². The maximum absolute atomic E-state index is 12.6. The summed E-state index contributed by atoms with van der Waals surface area (Å²) in [4.78, 5) is 42.4. The number of fused-ring (bicyclic) bond motifs is 1. The smallest absolute Gasteiger partial charge is 0.314 e. The summed E-state index contributed by atoms with van der Waals surface area (Å²) in [6, 6.07) is 11.2. The van der Waals surface area contributed by atoms with E-state index in [9.17, 15) is 14.4 Å². The Morgan fingerprint density at radius 1 is 1.21 bits per heavy atom. The summed E-state index contributed by atoms with van der Waals surface area (Å²) in [5.41, 5.74) is 1.94. The summed E-state index contributed by atoms with van der Waals surface area (Å²) in [6.07, 6.45) is 2.05. The van der Waals surface area contributed by atoms with Crippen molar-refractivity contribution in [1.82, 2.24) is 25.1 Å². The Morgan fingerprint density at radius 3 is 2.82 bits per heavy atom. The number of hydrogen-bond donors (Lipinski definition) is 2. The van der Waals surface area contributed by atoms with Crippen molar-refractivity contribution in [2.45, 2.75) is 23.6 Å². The molecule has 0 aliphatic carbocycles. The topological polar surface area (TPSA) is 109 Å². The third kappa shape index (κ3) is 5.25. The Labute approximate surface area is 199 Å². The van der Waals surface area contributed by atoms with Gasteiger partial charge in [-0.15, -0.1) is 0 Å². The summed E-state index contributed by atoms with van der Waals surface area (Å²) in [5.74, 6) is 0.128. The van der Waals surface area contributed by atoms with Crippen LogP contribution in [0, 0.1) is 0 Å². The van der Waals surface area contributed by atoms with Crippen LogP contribution >= 0.6 is 23.5 Å². The molecule has 2 aromatic heterocycles. The van der Waals surface area contributed by atoms with Crippen molar-refractivity contribution in [1.29, 1.82) is 0 Å². The summed E-state index contributed by atoms with van der Waals surface area (Å²) in [7, 11) is 1.95. The zero-order valence-corrected chi connectivity index (χ0v) is 19.8. The number of carbonyl (C=O) groups is 3. The van der Waals surface area contributed by atoms with Crippen molar-refractivity contribution in [2.24, 2.45) is 7.05 Å². The lowest BCUT2D eigenvalue weighted by Crippen LogP contribution is -2.37. The largest absolute Gasteiger partial charge is 0.450 e. The van der Waals surface area contributed by atoms with Crippen molar-refractivity contribution < 1.29 is 18.8 Å². The number of carbonyl (C=O) groups excluding carboxylic acids is 3. The molecule has 2 N–H and O–H groups in total. The van der Waals surface area contributed by atoms with Gasteiger partial charge in [-0.25, -0.2) is 9.78 Å². The van der Waals surface area contributed by atoms with E-state index in [1.165, 1.54) is 16.7 Å². The minimum atomic E-state index is -0.357. The highest BCUT2D eigenvalue weighted by molar-refractivity contribution is 8.18. The molecule has 3 heterocycles. The van der Waals surface area contributed by atoms with Gasteiger partial charge in [0.2, 0.25) is 0 Å². The fourth-order valence-corrected chi connectivity index (χ4v) is 4.93. The number of rotatable bonds is 8. The van der Waals surface area contributed by atoms with Gasteiger partial charge >= 0.3 is 6.03 Å². The van der Waals surface area contributed by atoms with Crippen molar-refractivity contribution in [3.05, 3.63) is 47.1 Å². The van der Waals surface area contributed by atoms with E-state index < -0.39 is 0 Å². The molecular weight excluding hydrogens is 462 g/mol. The Bertz CT molecular complexity index is 1230. The molecule has 1 aliphatic rings. The van der Waals surface area contributed by atoms with Crippen molar-refractivity contribution >= 4 is 57.8 Å². The number of urea groups is 1. The van der Waals surface area contributed by atoms with Crippen molar-refractivity contribution in [2.75, 3.05) is 19.6 Å². The third-order valence-corrected chi connectivity index (χ3v) is 6.74. The first-order valence-corrected chi connectivity index (χ1v) is 12.1. The van der Waals surface area contributed by atoms with E-state index in [0.29, 0.717) is 35.3 Å². The number of nitrogens with zero attached hydrogens (tertiary/aromatic N) is 3. The highest BCUT2D eigenvalue weighted by Gasteiger charge is 2.34. The Morgan fingerprint density at radius 2 is 2.03 bits per heavy atom. The lowest BCUT2D eigenvalue weighted by Gasteiger charge is -2.12. The molecule has 0 atom stereocenters. The second-order valence-electron chi connectivity index (χ2n) is 7.17. The van der Waals surface area contributed by atoms with E-state index in [4.69, 9.17) is 4.42 Å². The van der Waals surface area contributed by atoms with E-state index in [0.717, 1.165) is 28.0 Å². The average Bonchev–Trinajstić information content (AvgIpc) is 3.44. The molecule has 9 nitrogen and oxygen atoms in total. The predicted molar refractivity (Wildman–Crippen MR) is 128 cm³/mol. The highest BCUT2D eigenvalue weighted by atomic mass is 32.2. The van der Waals surface area contributed by atoms with Gasteiger partial charge in [-0.1, -0.05) is 12.1 Å². The van der Waals surface area contributed by atoms with E-state index in [2.05, 4.69) is 15.6 Å². The average molecular weight is 486 g/mol. The minimum Gasteiger partial charge on any atom is -0.450 e. The van der Waals surface area contributed by atoms with Gasteiger partial charge in [0, 0.05) is 32.8 Å². The first-order valence-electron chi connectivity index (χ1n) is 10.4. The molecule has 33 heavy (non-hydrogen) atoms. The minimum absolute atomic E-state index is 0.236. The highest BCUT2D eigenvalue weighted by Crippen LogP contribution is 2.35. The van der Waals surface area contributed by atoms with Gasteiger partial charge in [-0.3, -0.25) is 14.5 Å². The molecule has 1 aliphatic heterocycles. The van der Waals surface area contributed by atoms with Gasteiger partial charge in [0.15, 0.2) is 10.2 Å². The molecule has 172 valence electrons. The number of imide groups is 1. The molecule has 11 heteroatoms. The van der Waals surface area contributed by atoms with Crippen LogP contribution in [0.4, 0.5) is 9.59 Å². The number of imidazole rings is 1. The lowest BCUT2D eigenvalue weighted by atomic mass is 10.3. The normalized spacial score (nSPS) is 15.1. The second kappa shape index (κ2) is 10.2. The Balaban J connectivity index is 1.37. The number of hydrogen-bond acceptors (Lipinski definition) is 7. The van der Waals surface area contributed by atoms with Crippen LogP contribution in [0.3, 0.4) is 0 Å². The first kappa shape index (κ1) is 23.0. The quantitative estimate of drug-likeness (QED) is 0.366. The van der Waals surface area contributed by atoms with Crippen LogP contribution in [0.1, 0.15) is 19.1 Å². The van der Waals surface area contributed by atoms with Crippen molar-refractivity contribution in [3.8, 4) is 0 Å². The predicted octanol–water partition coefficient (Wildman–Crippen LogP) is 4.06. The first-order chi connectivity index (χ1) is 16.0. The third-order valence-electron chi connectivity index (χ3n) is 4.87. The van der Waals surface area contributed by atoms with Crippen LogP contribution in [-0.4, -0.2) is 51.3 Å². The molecule has 1 aromatic carbocycles. The van der Waals surface area contributed by atoms with Gasteiger partial charge in [-0.2, -0.15) is 0 Å². The van der Waals surface area contributed by atoms with Crippen LogP contribution in [-0.2, 0) is 11.8 Å². The SMILES string of the molecule is CCNC(=O)NCCCN1C(=O)S/C(=C\c2ccc(Sc3nc4ccccc4n3C)o2)C1=O. The Hall–Kier alpha value is -3.18. The number of nitrogens with one attached hydrogen (secondary N) is 2. The van der Waals surface area contributed by atoms with Crippen LogP contribution < -0.4 is 10.6 Å². The molecule has 1 fully saturated rings. The number of aromatic nitrogens is 2. The molecule has 1 saturated heterocycles. The fourth-order valence-electron chi connectivity index (χ4n) is 3.26. The fraction of sp³-hybridized carbons (Fsp3) is 0.273. The molecule has 0 saturated carbocycles. The molecule has 3 aromatic rings. The number of amides is 4. The monoisotopic (exact) mass is 485 g/mol. The molecule has 0 unspecified atom stereocenters. The van der Waals surface area contributed by atoms with Crippen LogP contribution in [0.15, 0.2) is 56.0 Å². The van der Waals surface area contributed by atoms with Gasteiger partial charge in [0.1, 0.15) is 5.76 Å². The maximum atomic E-state index is 12.6. The van der Waals surface area contributed by atoms with Crippen LogP contribution in [0.2, 0.25) is 0 Å². The van der Waals surface area contributed by atoms with E-state index in [1.54, 1.807) is 12.1 Å². The number of furan rings is 1. The molecule has 0 spiro atoms. The molecular formula is C22H23N5O4S2. The molecule has 4 amide bonds. The summed E-state index contributed by atoms with van der Waals surface area (Å²) in [5, 5.41) is 6.40. The number of benzene rings is 1. The van der Waals surface area contributed by atoms with E-state index in [-0.39, 0.29) is 23.7 Å². The summed E-state index contributed by atoms with van der Waals surface area (Å²) in [6.45, 7) is 2.96. The van der Waals surface area contributed by atoms with Gasteiger partial charge < -0.3 is 19.6 Å². The van der Waals surface area contributed by atoms with Gasteiger partial charge in [0.25, 0.3) is 11.1 Å².